The van der Waals surface area contributed by atoms with E-state index in [2.05, 4.69) is 0 Å². The van der Waals surface area contributed by atoms with Crippen molar-refractivity contribution in [2.75, 3.05) is 19.8 Å². The van der Waals surface area contributed by atoms with Gasteiger partial charge in [-0.05, 0) is 32.9 Å². The number of imide groups is 1. The van der Waals surface area contributed by atoms with Crippen molar-refractivity contribution in [1.29, 1.82) is 0 Å². The van der Waals surface area contributed by atoms with Gasteiger partial charge in [-0.2, -0.15) is 0 Å². The normalized spacial score (nSPS) is 29.4. The maximum Gasteiger partial charge on any atom is 0.261 e. The summed E-state index contributed by atoms with van der Waals surface area (Å²) in [5.41, 5.74) is 0.861. The summed E-state index contributed by atoms with van der Waals surface area (Å²) in [4.78, 5) is 26.4. The number of amides is 2. The van der Waals surface area contributed by atoms with Gasteiger partial charge in [-0.3, -0.25) is 14.5 Å². The van der Waals surface area contributed by atoms with E-state index in [0.717, 1.165) is 0 Å². The van der Waals surface area contributed by atoms with E-state index in [0.29, 0.717) is 37.2 Å². The van der Waals surface area contributed by atoms with Gasteiger partial charge in [0, 0.05) is 26.1 Å². The molecule has 1 aromatic carbocycles. The van der Waals surface area contributed by atoms with Crippen molar-refractivity contribution in [2.45, 2.75) is 45.2 Å². The first-order valence-corrected chi connectivity index (χ1v) is 8.37. The SMILES string of the molecule is CCOC1(C)CCC(CN2C(=O)c3ccccc3C2=O)(OCC)O1. The van der Waals surface area contributed by atoms with Crippen LogP contribution in [-0.2, 0) is 14.2 Å². The van der Waals surface area contributed by atoms with E-state index in [4.69, 9.17) is 14.2 Å². The lowest BCUT2D eigenvalue weighted by Crippen LogP contribution is -2.49. The number of carbonyl (C=O) groups is 2. The lowest BCUT2D eigenvalue weighted by molar-refractivity contribution is -0.312. The predicted octanol–water partition coefficient (Wildman–Crippen LogP) is 2.58. The minimum Gasteiger partial charge on any atom is -0.350 e. The fourth-order valence-corrected chi connectivity index (χ4v) is 3.47. The third-order valence-corrected chi connectivity index (χ3v) is 4.50. The van der Waals surface area contributed by atoms with E-state index >= 15 is 0 Å². The van der Waals surface area contributed by atoms with Gasteiger partial charge in [0.1, 0.15) is 0 Å². The van der Waals surface area contributed by atoms with Crippen LogP contribution < -0.4 is 0 Å². The van der Waals surface area contributed by atoms with Crippen LogP contribution in [0.5, 0.6) is 0 Å². The predicted molar refractivity (Wildman–Crippen MR) is 86.5 cm³/mol. The van der Waals surface area contributed by atoms with Gasteiger partial charge in [0.25, 0.3) is 11.8 Å². The number of nitrogens with zero attached hydrogens (tertiary/aromatic N) is 1. The summed E-state index contributed by atoms with van der Waals surface area (Å²) in [6.07, 6.45) is 1.20. The first-order chi connectivity index (χ1) is 11.4. The van der Waals surface area contributed by atoms with Gasteiger partial charge in [-0.25, -0.2) is 0 Å². The lowest BCUT2D eigenvalue weighted by Gasteiger charge is -2.34. The Bertz CT molecular complexity index is 626. The van der Waals surface area contributed by atoms with Gasteiger partial charge >= 0.3 is 0 Å². The highest BCUT2D eigenvalue weighted by Crippen LogP contribution is 2.41. The summed E-state index contributed by atoms with van der Waals surface area (Å²) < 4.78 is 17.6. The van der Waals surface area contributed by atoms with Crippen LogP contribution in [0.3, 0.4) is 0 Å². The monoisotopic (exact) mass is 333 g/mol. The Morgan fingerprint density at radius 3 is 2.17 bits per heavy atom. The highest BCUT2D eigenvalue weighted by atomic mass is 16.8. The Morgan fingerprint density at radius 2 is 1.62 bits per heavy atom. The average Bonchev–Trinajstić information content (AvgIpc) is 3.00. The van der Waals surface area contributed by atoms with Crippen LogP contribution in [-0.4, -0.2) is 48.0 Å². The molecule has 0 aromatic heterocycles. The van der Waals surface area contributed by atoms with Gasteiger partial charge in [0.2, 0.25) is 0 Å². The second-order valence-corrected chi connectivity index (χ2v) is 6.25. The quantitative estimate of drug-likeness (QED) is 0.749. The maximum atomic E-state index is 12.6. The minimum atomic E-state index is -1.02. The molecule has 24 heavy (non-hydrogen) atoms. The molecular weight excluding hydrogens is 310 g/mol. The molecule has 2 aliphatic heterocycles. The fourth-order valence-electron chi connectivity index (χ4n) is 3.47. The zero-order valence-corrected chi connectivity index (χ0v) is 14.3. The van der Waals surface area contributed by atoms with Crippen LogP contribution in [0.2, 0.25) is 0 Å². The lowest BCUT2D eigenvalue weighted by atomic mass is 10.1. The topological polar surface area (TPSA) is 65.1 Å². The Kier molecular flexibility index (Phi) is 4.46. The third-order valence-electron chi connectivity index (χ3n) is 4.50. The summed E-state index contributed by atoms with van der Waals surface area (Å²) in [7, 11) is 0. The maximum absolute atomic E-state index is 12.6. The van der Waals surface area contributed by atoms with Crippen molar-refractivity contribution in [3.8, 4) is 0 Å². The Hall–Kier alpha value is -1.76. The zero-order chi connectivity index (χ0) is 17.4. The Labute approximate surface area is 141 Å². The molecule has 0 bridgehead atoms. The Morgan fingerprint density at radius 1 is 1.04 bits per heavy atom. The van der Waals surface area contributed by atoms with Crippen LogP contribution in [0.25, 0.3) is 0 Å². The molecule has 3 rings (SSSR count). The fraction of sp³-hybridized carbons (Fsp3) is 0.556. The number of hydrogen-bond acceptors (Lipinski definition) is 5. The number of benzene rings is 1. The molecule has 1 aromatic rings. The third kappa shape index (κ3) is 2.85. The molecule has 2 atom stereocenters. The number of hydrogen-bond donors (Lipinski definition) is 0. The van der Waals surface area contributed by atoms with Crippen molar-refractivity contribution in [3.05, 3.63) is 35.4 Å². The summed E-state index contributed by atoms with van der Waals surface area (Å²) in [5, 5.41) is 0. The van der Waals surface area contributed by atoms with Crippen molar-refractivity contribution in [3.63, 3.8) is 0 Å². The van der Waals surface area contributed by atoms with Crippen LogP contribution in [0.1, 0.15) is 54.3 Å². The van der Waals surface area contributed by atoms with Crippen molar-refractivity contribution in [2.24, 2.45) is 0 Å². The molecular formula is C18H23NO5. The number of fused-ring (bicyclic) bond motifs is 1. The smallest absolute Gasteiger partial charge is 0.261 e. The van der Waals surface area contributed by atoms with Crippen LogP contribution in [0, 0.1) is 0 Å². The molecule has 2 unspecified atom stereocenters. The molecule has 0 spiro atoms. The average molecular weight is 333 g/mol. The van der Waals surface area contributed by atoms with Gasteiger partial charge in [-0.15, -0.1) is 0 Å². The van der Waals surface area contributed by atoms with E-state index in [9.17, 15) is 9.59 Å². The summed E-state index contributed by atoms with van der Waals surface area (Å²) in [6, 6.07) is 6.85. The molecule has 0 saturated carbocycles. The molecule has 130 valence electrons. The molecule has 0 aliphatic carbocycles. The number of carbonyl (C=O) groups excluding carboxylic acids is 2. The highest BCUT2D eigenvalue weighted by molar-refractivity contribution is 6.21. The van der Waals surface area contributed by atoms with E-state index in [-0.39, 0.29) is 18.4 Å². The van der Waals surface area contributed by atoms with Crippen LogP contribution in [0.15, 0.2) is 24.3 Å². The first kappa shape index (κ1) is 17.1. The van der Waals surface area contributed by atoms with Crippen LogP contribution in [0.4, 0.5) is 0 Å². The molecule has 1 fully saturated rings. The molecule has 2 heterocycles. The number of rotatable bonds is 6. The molecule has 2 aliphatic rings. The van der Waals surface area contributed by atoms with Crippen LogP contribution >= 0.6 is 0 Å². The molecule has 6 nitrogen and oxygen atoms in total. The summed E-state index contributed by atoms with van der Waals surface area (Å²) in [5.74, 6) is -2.39. The summed E-state index contributed by atoms with van der Waals surface area (Å²) in [6.45, 7) is 6.63. The molecule has 0 radical (unpaired) electrons. The van der Waals surface area contributed by atoms with Gasteiger partial charge in [0.05, 0.1) is 17.7 Å². The second kappa shape index (κ2) is 6.27. The van der Waals surface area contributed by atoms with Crippen molar-refractivity contribution >= 4 is 11.8 Å². The van der Waals surface area contributed by atoms with Gasteiger partial charge in [-0.1, -0.05) is 12.1 Å². The van der Waals surface area contributed by atoms with Crippen molar-refractivity contribution < 1.29 is 23.8 Å². The number of ether oxygens (including phenoxy) is 3. The second-order valence-electron chi connectivity index (χ2n) is 6.25. The molecule has 0 N–H and O–H groups in total. The molecule has 1 saturated heterocycles. The van der Waals surface area contributed by atoms with E-state index in [1.807, 2.05) is 20.8 Å². The van der Waals surface area contributed by atoms with Gasteiger partial charge in [0.15, 0.2) is 11.6 Å². The van der Waals surface area contributed by atoms with Crippen molar-refractivity contribution in [1.82, 2.24) is 4.90 Å². The minimum absolute atomic E-state index is 0.0653. The first-order valence-electron chi connectivity index (χ1n) is 8.37. The van der Waals surface area contributed by atoms with E-state index < -0.39 is 11.6 Å². The molecule has 6 heteroatoms. The standard InChI is InChI=1S/C18H23NO5/c1-4-22-17(3)10-11-18(24-17,23-5-2)12-19-15(20)13-8-6-7-9-14(13)16(19)21/h6-9H,4-5,10-12H2,1-3H3. The van der Waals surface area contributed by atoms with E-state index in [1.54, 1.807) is 24.3 Å². The Balaban J connectivity index is 1.83. The van der Waals surface area contributed by atoms with E-state index in [1.165, 1.54) is 4.90 Å². The zero-order valence-electron chi connectivity index (χ0n) is 14.3. The summed E-state index contributed by atoms with van der Waals surface area (Å²) >= 11 is 0. The molecule has 2 amide bonds. The highest BCUT2D eigenvalue weighted by Gasteiger charge is 2.51. The van der Waals surface area contributed by atoms with Gasteiger partial charge < -0.3 is 14.2 Å². The largest absolute Gasteiger partial charge is 0.350 e.